The van der Waals surface area contributed by atoms with Gasteiger partial charge in [0.05, 0.1) is 12.4 Å². The first-order valence-electron chi connectivity index (χ1n) is 5.41. The third-order valence-corrected chi connectivity index (χ3v) is 2.46. The molecule has 0 unspecified atom stereocenters. The van der Waals surface area contributed by atoms with Crippen LogP contribution in [0.25, 0.3) is 0 Å². The minimum Gasteiger partial charge on any atom is -0.444 e. The third-order valence-electron chi connectivity index (χ3n) is 2.46. The van der Waals surface area contributed by atoms with Crippen LogP contribution in [-0.2, 0) is 4.74 Å². The molecular formula is C11H17N3O2. The van der Waals surface area contributed by atoms with Crippen LogP contribution in [-0.4, -0.2) is 39.2 Å². The van der Waals surface area contributed by atoms with Gasteiger partial charge in [0, 0.05) is 25.5 Å². The number of aromatic nitrogens is 2. The molecular weight excluding hydrogens is 206 g/mol. The fourth-order valence-electron chi connectivity index (χ4n) is 1.60. The highest BCUT2D eigenvalue weighted by atomic mass is 16.6. The van der Waals surface area contributed by atoms with Crippen LogP contribution < -0.4 is 0 Å². The van der Waals surface area contributed by atoms with Gasteiger partial charge in [-0.25, -0.2) is 9.78 Å². The number of hydrogen-bond acceptors (Lipinski definition) is 3. The first kappa shape index (κ1) is 11.0. The van der Waals surface area contributed by atoms with Crippen molar-refractivity contribution in [3.63, 3.8) is 0 Å². The van der Waals surface area contributed by atoms with Crippen LogP contribution in [0.2, 0.25) is 0 Å². The number of hydrogen-bond donors (Lipinski definition) is 0. The molecule has 0 spiro atoms. The first-order valence-corrected chi connectivity index (χ1v) is 5.41. The molecule has 2 rings (SSSR count). The monoisotopic (exact) mass is 223 g/mol. The predicted octanol–water partition coefficient (Wildman–Crippen LogP) is 1.67. The molecule has 0 aliphatic carbocycles. The van der Waals surface area contributed by atoms with E-state index in [-0.39, 0.29) is 6.09 Å². The van der Waals surface area contributed by atoms with Gasteiger partial charge in [0.25, 0.3) is 0 Å². The van der Waals surface area contributed by atoms with E-state index in [0.29, 0.717) is 19.1 Å². The van der Waals surface area contributed by atoms with Crippen molar-refractivity contribution in [2.24, 2.45) is 0 Å². The summed E-state index contributed by atoms with van der Waals surface area (Å²) in [4.78, 5) is 17.3. The number of carbonyl (C=O) groups is 1. The number of imidazole rings is 1. The Morgan fingerprint density at radius 2 is 2.12 bits per heavy atom. The minimum atomic E-state index is -0.419. The van der Waals surface area contributed by atoms with Crippen molar-refractivity contribution in [1.82, 2.24) is 14.5 Å². The predicted molar refractivity (Wildman–Crippen MR) is 59.1 cm³/mol. The lowest BCUT2D eigenvalue weighted by Crippen LogP contribution is -2.51. The summed E-state index contributed by atoms with van der Waals surface area (Å²) in [5.41, 5.74) is -0.419. The first-order chi connectivity index (χ1) is 7.46. The molecule has 1 amide bonds. The van der Waals surface area contributed by atoms with E-state index in [1.807, 2.05) is 31.5 Å². The van der Waals surface area contributed by atoms with Gasteiger partial charge >= 0.3 is 6.09 Å². The van der Waals surface area contributed by atoms with E-state index in [2.05, 4.69) is 4.98 Å². The third kappa shape index (κ3) is 2.35. The van der Waals surface area contributed by atoms with Gasteiger partial charge in [0.15, 0.2) is 0 Å². The summed E-state index contributed by atoms with van der Waals surface area (Å²) < 4.78 is 7.28. The molecule has 5 heteroatoms. The molecule has 5 nitrogen and oxygen atoms in total. The van der Waals surface area contributed by atoms with E-state index in [1.165, 1.54) is 0 Å². The quantitative estimate of drug-likeness (QED) is 0.727. The molecule has 0 atom stereocenters. The molecule has 1 aromatic heterocycles. The zero-order chi connectivity index (χ0) is 11.8. The van der Waals surface area contributed by atoms with Crippen molar-refractivity contribution in [2.75, 3.05) is 13.1 Å². The van der Waals surface area contributed by atoms with Crippen LogP contribution in [0.5, 0.6) is 0 Å². The molecule has 0 aromatic carbocycles. The van der Waals surface area contributed by atoms with E-state index >= 15 is 0 Å². The van der Waals surface area contributed by atoms with Crippen LogP contribution in [0.4, 0.5) is 4.79 Å². The normalized spacial score (nSPS) is 17.1. The van der Waals surface area contributed by atoms with Gasteiger partial charge in [-0.05, 0) is 20.8 Å². The zero-order valence-electron chi connectivity index (χ0n) is 9.88. The highest BCUT2D eigenvalue weighted by Crippen LogP contribution is 2.22. The Morgan fingerprint density at radius 3 is 2.62 bits per heavy atom. The van der Waals surface area contributed by atoms with E-state index in [0.717, 1.165) is 0 Å². The molecule has 1 aromatic rings. The van der Waals surface area contributed by atoms with E-state index in [1.54, 1.807) is 17.4 Å². The molecule has 0 bridgehead atoms. The largest absolute Gasteiger partial charge is 0.444 e. The minimum absolute atomic E-state index is 0.233. The second-order valence-electron chi connectivity index (χ2n) is 5.05. The summed E-state index contributed by atoms with van der Waals surface area (Å²) in [6, 6.07) is 0.343. The molecule has 1 saturated heterocycles. The van der Waals surface area contributed by atoms with Crippen molar-refractivity contribution in [3.05, 3.63) is 18.7 Å². The summed E-state index contributed by atoms with van der Waals surface area (Å²) in [5.74, 6) is 0. The summed E-state index contributed by atoms with van der Waals surface area (Å²) in [6.07, 6.45) is 5.20. The van der Waals surface area contributed by atoms with Crippen molar-refractivity contribution < 1.29 is 9.53 Å². The fourth-order valence-corrected chi connectivity index (χ4v) is 1.60. The van der Waals surface area contributed by atoms with Crippen molar-refractivity contribution >= 4 is 6.09 Å². The molecule has 0 saturated carbocycles. The van der Waals surface area contributed by atoms with Crippen LogP contribution in [0, 0.1) is 0 Å². The van der Waals surface area contributed by atoms with Crippen LogP contribution >= 0.6 is 0 Å². The summed E-state index contributed by atoms with van der Waals surface area (Å²) in [7, 11) is 0. The van der Waals surface area contributed by atoms with Crippen molar-refractivity contribution in [3.8, 4) is 0 Å². The smallest absolute Gasteiger partial charge is 0.410 e. The van der Waals surface area contributed by atoms with Gasteiger partial charge < -0.3 is 14.2 Å². The number of ether oxygens (including phenoxy) is 1. The van der Waals surface area contributed by atoms with Crippen LogP contribution in [0.3, 0.4) is 0 Å². The summed E-state index contributed by atoms with van der Waals surface area (Å²) >= 11 is 0. The Morgan fingerprint density at radius 1 is 1.44 bits per heavy atom. The highest BCUT2D eigenvalue weighted by molar-refractivity contribution is 5.69. The standard InChI is InChI=1S/C11H17N3O2/c1-11(2,3)16-10(15)14-6-9(7-14)13-5-4-12-8-13/h4-5,8-9H,6-7H2,1-3H3. The lowest BCUT2D eigenvalue weighted by atomic mass is 10.1. The maximum atomic E-state index is 11.6. The summed E-state index contributed by atoms with van der Waals surface area (Å²) in [5, 5.41) is 0. The average Bonchev–Trinajstić information content (AvgIpc) is 2.49. The van der Waals surface area contributed by atoms with E-state index < -0.39 is 5.60 Å². The molecule has 1 aliphatic rings. The SMILES string of the molecule is CC(C)(C)OC(=O)N1CC(n2ccnc2)C1. The van der Waals surface area contributed by atoms with E-state index in [9.17, 15) is 4.79 Å². The van der Waals surface area contributed by atoms with Gasteiger partial charge in [-0.1, -0.05) is 0 Å². The summed E-state index contributed by atoms with van der Waals surface area (Å²) in [6.45, 7) is 7.02. The topological polar surface area (TPSA) is 47.4 Å². The maximum Gasteiger partial charge on any atom is 0.410 e. The highest BCUT2D eigenvalue weighted by Gasteiger charge is 2.34. The van der Waals surface area contributed by atoms with Crippen molar-refractivity contribution in [2.45, 2.75) is 32.4 Å². The number of carbonyl (C=O) groups excluding carboxylic acids is 1. The molecule has 16 heavy (non-hydrogen) atoms. The lowest BCUT2D eigenvalue weighted by Gasteiger charge is -2.40. The van der Waals surface area contributed by atoms with Gasteiger partial charge in [-0.3, -0.25) is 0 Å². The van der Waals surface area contributed by atoms with Gasteiger partial charge in [0.2, 0.25) is 0 Å². The Bertz CT molecular complexity index is 361. The lowest BCUT2D eigenvalue weighted by molar-refractivity contribution is 0.00106. The second-order valence-corrected chi connectivity index (χ2v) is 5.05. The molecule has 88 valence electrons. The molecule has 0 N–H and O–H groups in total. The Kier molecular flexibility index (Phi) is 2.61. The molecule has 1 fully saturated rings. The van der Waals surface area contributed by atoms with Gasteiger partial charge in [-0.15, -0.1) is 0 Å². The van der Waals surface area contributed by atoms with Crippen molar-refractivity contribution in [1.29, 1.82) is 0 Å². The maximum absolute atomic E-state index is 11.6. The van der Waals surface area contributed by atoms with Gasteiger partial charge in [-0.2, -0.15) is 0 Å². The number of rotatable bonds is 1. The van der Waals surface area contributed by atoms with Crippen LogP contribution in [0.15, 0.2) is 18.7 Å². The average molecular weight is 223 g/mol. The Balaban J connectivity index is 1.82. The molecule has 2 heterocycles. The number of nitrogens with zero attached hydrogens (tertiary/aromatic N) is 3. The number of likely N-dealkylation sites (tertiary alicyclic amines) is 1. The Labute approximate surface area is 95.0 Å². The van der Waals surface area contributed by atoms with Crippen LogP contribution in [0.1, 0.15) is 26.8 Å². The second kappa shape index (κ2) is 3.81. The molecule has 1 aliphatic heterocycles. The fraction of sp³-hybridized carbons (Fsp3) is 0.636. The number of amides is 1. The Hall–Kier alpha value is -1.52. The molecule has 0 radical (unpaired) electrons. The van der Waals surface area contributed by atoms with E-state index in [4.69, 9.17) is 4.74 Å². The van der Waals surface area contributed by atoms with Gasteiger partial charge in [0.1, 0.15) is 5.60 Å². The zero-order valence-corrected chi connectivity index (χ0v) is 9.88.